The van der Waals surface area contributed by atoms with Crippen molar-refractivity contribution >= 4 is 15.8 Å². The Kier molecular flexibility index (Phi) is 7.18. The van der Waals surface area contributed by atoms with E-state index in [4.69, 9.17) is 4.74 Å². The number of sulfone groups is 1. The molecule has 11 nitrogen and oxygen atoms in total. The van der Waals surface area contributed by atoms with Crippen molar-refractivity contribution in [1.29, 1.82) is 0 Å². The molecule has 4 heterocycles. The van der Waals surface area contributed by atoms with Gasteiger partial charge in [0.05, 0.1) is 30.9 Å². The van der Waals surface area contributed by atoms with Crippen LogP contribution in [0.5, 0.6) is 5.88 Å². The summed E-state index contributed by atoms with van der Waals surface area (Å²) in [4.78, 5) is 13.4. The van der Waals surface area contributed by atoms with Crippen molar-refractivity contribution in [3.05, 3.63) is 72.1 Å². The highest BCUT2D eigenvalue weighted by Gasteiger charge is 2.37. The van der Waals surface area contributed by atoms with Gasteiger partial charge in [0.1, 0.15) is 28.8 Å². The van der Waals surface area contributed by atoms with Gasteiger partial charge in [-0.15, -0.1) is 10.2 Å². The van der Waals surface area contributed by atoms with Gasteiger partial charge in [0, 0.05) is 19.2 Å². The number of rotatable bonds is 7. The molecule has 5 rings (SSSR count). The predicted octanol–water partition coefficient (Wildman–Crippen LogP) is 2.10. The lowest BCUT2D eigenvalue weighted by Gasteiger charge is -2.35. The fraction of sp³-hybridized carbons (Fsp3) is 0.292. The van der Waals surface area contributed by atoms with Crippen molar-refractivity contribution in [1.82, 2.24) is 29.7 Å². The van der Waals surface area contributed by atoms with E-state index in [2.05, 4.69) is 25.1 Å². The van der Waals surface area contributed by atoms with Crippen LogP contribution in [0.1, 0.15) is 12.2 Å². The number of ether oxygens (including phenoxy) is 1. The quantitative estimate of drug-likeness (QED) is 0.357. The number of aromatic nitrogens is 6. The maximum Gasteiger partial charge on any atom is 0.225 e. The molecular formula is C24H22F3N7O4S. The number of methoxy groups -OCH3 is 1. The molecule has 0 bridgehead atoms. The molecule has 1 N–H and O–H groups in total. The minimum Gasteiger partial charge on any atom is -0.481 e. The van der Waals surface area contributed by atoms with Crippen molar-refractivity contribution in [2.75, 3.05) is 25.1 Å². The highest BCUT2D eigenvalue weighted by atomic mass is 32.2. The van der Waals surface area contributed by atoms with Crippen molar-refractivity contribution < 1.29 is 31.4 Å². The topological polar surface area (TPSA) is 136 Å². The van der Waals surface area contributed by atoms with Gasteiger partial charge < -0.3 is 14.7 Å². The highest BCUT2D eigenvalue weighted by Crippen LogP contribution is 2.29. The highest BCUT2D eigenvalue weighted by molar-refractivity contribution is 7.91. The molecule has 1 fully saturated rings. The maximum absolute atomic E-state index is 14.9. The number of benzene rings is 1. The Labute approximate surface area is 220 Å². The normalized spacial score (nSPS) is 17.8. The van der Waals surface area contributed by atoms with E-state index >= 15 is 0 Å². The molecule has 1 aliphatic rings. The van der Waals surface area contributed by atoms with Crippen LogP contribution in [0.3, 0.4) is 0 Å². The van der Waals surface area contributed by atoms with Crippen molar-refractivity contribution in [2.24, 2.45) is 0 Å². The lowest BCUT2D eigenvalue weighted by Crippen LogP contribution is -2.49. The zero-order valence-corrected chi connectivity index (χ0v) is 21.3. The number of para-hydroxylation sites is 1. The summed E-state index contributed by atoms with van der Waals surface area (Å²) >= 11 is 0. The third-order valence-corrected chi connectivity index (χ3v) is 8.19. The van der Waals surface area contributed by atoms with E-state index in [0.29, 0.717) is 0 Å². The van der Waals surface area contributed by atoms with E-state index in [9.17, 15) is 26.7 Å². The van der Waals surface area contributed by atoms with Crippen LogP contribution < -0.4 is 9.64 Å². The first-order valence-electron chi connectivity index (χ1n) is 11.7. The number of β-amino-alcohol motifs (C(OH)–C–C–N with tert-alkyl or cyclic N) is 1. The largest absolute Gasteiger partial charge is 0.481 e. The number of halogens is 3. The fourth-order valence-electron chi connectivity index (χ4n) is 4.38. The van der Waals surface area contributed by atoms with E-state index in [1.807, 2.05) is 0 Å². The van der Waals surface area contributed by atoms with Gasteiger partial charge in [-0.25, -0.2) is 36.5 Å². The third kappa shape index (κ3) is 5.40. The summed E-state index contributed by atoms with van der Waals surface area (Å²) in [5.74, 6) is -3.47. The van der Waals surface area contributed by atoms with E-state index in [1.54, 1.807) is 12.1 Å². The van der Waals surface area contributed by atoms with E-state index in [1.165, 1.54) is 24.1 Å². The molecule has 1 aliphatic heterocycles. The Balaban J connectivity index is 1.54. The Morgan fingerprint density at radius 3 is 2.41 bits per heavy atom. The molecule has 0 amide bonds. The molecule has 4 aromatic rings. The number of nitrogens with zero attached hydrogens (tertiary/aromatic N) is 7. The predicted molar refractivity (Wildman–Crippen MR) is 132 cm³/mol. The Bertz CT molecular complexity index is 1580. The number of hydrogen-bond donors (Lipinski definition) is 1. The van der Waals surface area contributed by atoms with Crippen molar-refractivity contribution in [2.45, 2.75) is 23.5 Å². The molecule has 1 saturated heterocycles. The molecule has 3 aromatic heterocycles. The Hall–Kier alpha value is -4.11. The average molecular weight is 562 g/mol. The van der Waals surface area contributed by atoms with Gasteiger partial charge in [-0.3, -0.25) is 4.57 Å². The lowest BCUT2D eigenvalue weighted by atomic mass is 10.1. The van der Waals surface area contributed by atoms with Crippen LogP contribution in [0.15, 0.2) is 48.8 Å². The van der Waals surface area contributed by atoms with Crippen LogP contribution in [0.4, 0.5) is 19.1 Å². The number of piperidine rings is 1. The van der Waals surface area contributed by atoms with Gasteiger partial charge >= 0.3 is 0 Å². The molecule has 15 heteroatoms. The molecule has 0 radical (unpaired) electrons. The van der Waals surface area contributed by atoms with Crippen LogP contribution >= 0.6 is 0 Å². The van der Waals surface area contributed by atoms with Gasteiger partial charge in [-0.05, 0) is 24.6 Å². The summed E-state index contributed by atoms with van der Waals surface area (Å²) in [6, 6.07) is 7.88. The molecule has 0 aliphatic carbocycles. The van der Waals surface area contributed by atoms with Gasteiger partial charge in [-0.1, -0.05) is 12.1 Å². The van der Waals surface area contributed by atoms with Gasteiger partial charge in [0.25, 0.3) is 0 Å². The average Bonchev–Trinajstić information content (AvgIpc) is 3.31. The molecule has 0 unspecified atom stereocenters. The summed E-state index contributed by atoms with van der Waals surface area (Å²) in [6.45, 7) is -0.0581. The van der Waals surface area contributed by atoms with Crippen LogP contribution in [0.25, 0.3) is 17.2 Å². The van der Waals surface area contributed by atoms with Crippen LogP contribution in [-0.4, -0.2) is 74.8 Å². The Morgan fingerprint density at radius 2 is 1.72 bits per heavy atom. The summed E-state index contributed by atoms with van der Waals surface area (Å²) in [6.07, 6.45) is 0.719. The van der Waals surface area contributed by atoms with Crippen molar-refractivity contribution in [3.63, 3.8) is 0 Å². The van der Waals surface area contributed by atoms with E-state index in [0.717, 1.165) is 29.1 Å². The van der Waals surface area contributed by atoms with Crippen LogP contribution in [0, 0.1) is 17.5 Å². The zero-order valence-electron chi connectivity index (χ0n) is 20.4. The number of pyridine rings is 1. The molecule has 39 heavy (non-hydrogen) atoms. The van der Waals surface area contributed by atoms with Gasteiger partial charge in [-0.2, -0.15) is 0 Å². The summed E-state index contributed by atoms with van der Waals surface area (Å²) in [5, 5.41) is 17.3. The van der Waals surface area contributed by atoms with Gasteiger partial charge in [0.15, 0.2) is 27.3 Å². The summed E-state index contributed by atoms with van der Waals surface area (Å²) in [5.41, 5.74) is -0.432. The van der Waals surface area contributed by atoms with E-state index in [-0.39, 0.29) is 48.7 Å². The summed E-state index contributed by atoms with van der Waals surface area (Å²) in [7, 11) is -2.71. The van der Waals surface area contributed by atoms with Crippen LogP contribution in [0.2, 0.25) is 0 Å². The molecule has 1 aromatic carbocycles. The van der Waals surface area contributed by atoms with E-state index < -0.39 is 50.1 Å². The SMILES string of the molecule is COc1cccc(-c2nnc(CS(=O)(=O)[C@H]3C[C@@H](O)CN(c4ncc(F)cn4)C3)n2-c2c(F)cccc2F)n1. The molecular weight excluding hydrogens is 539 g/mol. The number of aliphatic hydroxyl groups is 1. The molecule has 0 spiro atoms. The maximum atomic E-state index is 14.9. The number of hydrogen-bond acceptors (Lipinski definition) is 10. The van der Waals surface area contributed by atoms with Crippen molar-refractivity contribution in [3.8, 4) is 23.1 Å². The zero-order chi connectivity index (χ0) is 27.7. The molecule has 2 atom stereocenters. The molecule has 0 saturated carbocycles. The Morgan fingerprint density at radius 1 is 1.03 bits per heavy atom. The fourth-order valence-corrected chi connectivity index (χ4v) is 6.09. The standard InChI is InChI=1S/C24H22F3N7O4S/c1-38-21-7-3-6-19(30-21)23-32-31-20(34(23)22-17(26)4-2-5-18(22)27)13-39(36,37)16-8-15(35)11-33(12-16)24-28-9-14(25)10-29-24/h2-7,9-10,15-16,35H,8,11-13H2,1H3/t15-,16+/m1/s1. The van der Waals surface area contributed by atoms with Crippen LogP contribution in [-0.2, 0) is 15.6 Å². The molecule has 204 valence electrons. The summed E-state index contributed by atoms with van der Waals surface area (Å²) < 4.78 is 76.5. The smallest absolute Gasteiger partial charge is 0.225 e. The third-order valence-electron chi connectivity index (χ3n) is 6.17. The first-order valence-corrected chi connectivity index (χ1v) is 13.4. The second-order valence-corrected chi connectivity index (χ2v) is 11.1. The second-order valence-electron chi connectivity index (χ2n) is 8.84. The number of aliphatic hydroxyl groups excluding tert-OH is 1. The first-order chi connectivity index (χ1) is 18.7. The monoisotopic (exact) mass is 561 g/mol. The second kappa shape index (κ2) is 10.6. The lowest BCUT2D eigenvalue weighted by molar-refractivity contribution is 0.154. The number of anilines is 1. The first kappa shape index (κ1) is 26.5. The minimum absolute atomic E-state index is 0.0416. The minimum atomic E-state index is -4.10. The van der Waals surface area contributed by atoms with Gasteiger partial charge in [0.2, 0.25) is 11.8 Å².